The minimum absolute atomic E-state index is 0.125. The number of benzene rings is 2. The van der Waals surface area contributed by atoms with Crippen molar-refractivity contribution >= 4 is 34.8 Å². The van der Waals surface area contributed by atoms with E-state index in [1.165, 1.54) is 0 Å². The highest BCUT2D eigenvalue weighted by Crippen LogP contribution is 2.31. The molecule has 4 rings (SSSR count). The van der Waals surface area contributed by atoms with E-state index in [0.29, 0.717) is 32.7 Å². The number of aromatic nitrogens is 2. The number of anilines is 3. The molecule has 0 aliphatic carbocycles. The predicted octanol–water partition coefficient (Wildman–Crippen LogP) is 4.32. The maximum absolute atomic E-state index is 13.6. The molecule has 0 atom stereocenters. The summed E-state index contributed by atoms with van der Waals surface area (Å²) in [5, 5.41) is 5.79. The summed E-state index contributed by atoms with van der Waals surface area (Å²) >= 11 is 5.26. The minimum Gasteiger partial charge on any atom is -0.497 e. The number of para-hydroxylation sites is 1. The van der Waals surface area contributed by atoms with Gasteiger partial charge in [-0.3, -0.25) is 0 Å². The second-order valence-corrected chi connectivity index (χ2v) is 8.31. The summed E-state index contributed by atoms with van der Waals surface area (Å²) in [6.45, 7) is 2.77. The van der Waals surface area contributed by atoms with Crippen LogP contribution < -0.4 is 25.2 Å². The first-order chi connectivity index (χ1) is 16.8. The third-order valence-electron chi connectivity index (χ3n) is 5.57. The van der Waals surface area contributed by atoms with Crippen molar-refractivity contribution < 1.29 is 17.9 Å². The zero-order valence-corrected chi connectivity index (χ0v) is 19.9. The largest absolute Gasteiger partial charge is 0.497 e. The van der Waals surface area contributed by atoms with Crippen molar-refractivity contribution in [2.24, 2.45) is 0 Å². The molecule has 0 saturated carbocycles. The van der Waals surface area contributed by atoms with Crippen LogP contribution in [0.5, 0.6) is 5.75 Å². The molecule has 3 aromatic rings. The molecular formula is C24H25F3N6OS. The van der Waals surface area contributed by atoms with Crippen molar-refractivity contribution in [1.82, 2.24) is 15.3 Å². The van der Waals surface area contributed by atoms with Gasteiger partial charge in [0.15, 0.2) is 10.8 Å². The molecule has 1 aliphatic heterocycles. The van der Waals surface area contributed by atoms with E-state index in [1.54, 1.807) is 7.11 Å². The van der Waals surface area contributed by atoms with Gasteiger partial charge in [-0.2, -0.15) is 18.2 Å². The van der Waals surface area contributed by atoms with E-state index in [1.807, 2.05) is 59.5 Å². The fraction of sp³-hybridized carbons (Fsp3) is 0.292. The van der Waals surface area contributed by atoms with Crippen molar-refractivity contribution in [3.05, 3.63) is 71.9 Å². The van der Waals surface area contributed by atoms with Crippen LogP contribution in [-0.4, -0.2) is 48.4 Å². The number of methoxy groups -OCH3 is 1. The third kappa shape index (κ3) is 6.50. The highest BCUT2D eigenvalue weighted by Gasteiger charge is 2.34. The highest BCUT2D eigenvalue weighted by atomic mass is 32.1. The fourth-order valence-corrected chi connectivity index (χ4v) is 3.87. The molecule has 11 heteroatoms. The van der Waals surface area contributed by atoms with Crippen LogP contribution in [0.4, 0.5) is 30.6 Å². The second kappa shape index (κ2) is 10.8. The number of alkyl halides is 3. The van der Waals surface area contributed by atoms with E-state index in [4.69, 9.17) is 17.0 Å². The first kappa shape index (κ1) is 24.5. The third-order valence-corrected chi connectivity index (χ3v) is 5.81. The van der Waals surface area contributed by atoms with Gasteiger partial charge in [0.25, 0.3) is 0 Å². The van der Waals surface area contributed by atoms with Crippen molar-refractivity contribution in [3.63, 3.8) is 0 Å². The summed E-state index contributed by atoms with van der Waals surface area (Å²) in [6, 6.07) is 18.2. The Balaban J connectivity index is 1.43. The van der Waals surface area contributed by atoms with Crippen LogP contribution in [0.3, 0.4) is 0 Å². The van der Waals surface area contributed by atoms with Gasteiger partial charge < -0.3 is 25.2 Å². The van der Waals surface area contributed by atoms with Crippen LogP contribution in [0.1, 0.15) is 11.3 Å². The summed E-state index contributed by atoms with van der Waals surface area (Å²) < 4.78 is 45.8. The standard InChI is InChI=1S/C24H25F3N6OS/c1-34-19-9-7-17(8-10-19)16-28-23(35)31-22-29-20(24(25,26)27)15-21(30-22)33-13-11-32(12-14-33)18-5-3-2-4-6-18/h2-10,15H,11-14,16H2,1H3,(H2,28,29,30,31,35). The van der Waals surface area contributed by atoms with Gasteiger partial charge in [-0.15, -0.1) is 0 Å². The van der Waals surface area contributed by atoms with Crippen LogP contribution in [-0.2, 0) is 12.7 Å². The average Bonchev–Trinajstić information content (AvgIpc) is 2.88. The summed E-state index contributed by atoms with van der Waals surface area (Å²) in [5.74, 6) is 0.733. The lowest BCUT2D eigenvalue weighted by Crippen LogP contribution is -2.47. The van der Waals surface area contributed by atoms with E-state index in [-0.39, 0.29) is 16.9 Å². The molecule has 0 bridgehead atoms. The smallest absolute Gasteiger partial charge is 0.433 e. The quantitative estimate of drug-likeness (QED) is 0.484. The highest BCUT2D eigenvalue weighted by molar-refractivity contribution is 7.80. The van der Waals surface area contributed by atoms with Gasteiger partial charge in [-0.05, 0) is 42.0 Å². The molecule has 0 unspecified atom stereocenters. The minimum atomic E-state index is -4.61. The van der Waals surface area contributed by atoms with Crippen LogP contribution in [0.15, 0.2) is 60.7 Å². The Morgan fingerprint density at radius 1 is 0.971 bits per heavy atom. The molecule has 184 valence electrons. The van der Waals surface area contributed by atoms with Crippen LogP contribution >= 0.6 is 12.2 Å². The lowest BCUT2D eigenvalue weighted by atomic mass is 10.2. The molecule has 1 aliphatic rings. The van der Waals surface area contributed by atoms with Gasteiger partial charge >= 0.3 is 6.18 Å². The van der Waals surface area contributed by atoms with Crippen molar-refractivity contribution in [1.29, 1.82) is 0 Å². The Morgan fingerprint density at radius 2 is 1.63 bits per heavy atom. The molecule has 2 heterocycles. The van der Waals surface area contributed by atoms with Gasteiger partial charge in [0, 0.05) is 44.5 Å². The number of nitrogens with zero attached hydrogens (tertiary/aromatic N) is 4. The van der Waals surface area contributed by atoms with Crippen LogP contribution in [0, 0.1) is 0 Å². The van der Waals surface area contributed by atoms with E-state index < -0.39 is 11.9 Å². The van der Waals surface area contributed by atoms with Gasteiger partial charge in [0.2, 0.25) is 5.95 Å². The van der Waals surface area contributed by atoms with Crippen LogP contribution in [0.25, 0.3) is 0 Å². The van der Waals surface area contributed by atoms with E-state index in [9.17, 15) is 13.2 Å². The normalized spacial score (nSPS) is 13.9. The van der Waals surface area contributed by atoms with Gasteiger partial charge in [-0.25, -0.2) is 4.98 Å². The fourth-order valence-electron chi connectivity index (χ4n) is 3.70. The molecule has 2 N–H and O–H groups in total. The van der Waals surface area contributed by atoms with E-state index in [0.717, 1.165) is 23.1 Å². The molecule has 35 heavy (non-hydrogen) atoms. The number of hydrogen-bond acceptors (Lipinski definition) is 6. The first-order valence-electron chi connectivity index (χ1n) is 11.0. The SMILES string of the molecule is COc1ccc(CNC(=S)Nc2nc(N3CCN(c4ccccc4)CC3)cc(C(F)(F)F)n2)cc1. The number of halogens is 3. The lowest BCUT2D eigenvalue weighted by Gasteiger charge is -2.37. The predicted molar refractivity (Wildman–Crippen MR) is 134 cm³/mol. The van der Waals surface area contributed by atoms with E-state index in [2.05, 4.69) is 25.5 Å². The van der Waals surface area contributed by atoms with Gasteiger partial charge in [-0.1, -0.05) is 30.3 Å². The van der Waals surface area contributed by atoms with Gasteiger partial charge in [0.1, 0.15) is 11.6 Å². The second-order valence-electron chi connectivity index (χ2n) is 7.90. The van der Waals surface area contributed by atoms with Crippen LogP contribution in [0.2, 0.25) is 0 Å². The molecule has 0 spiro atoms. The van der Waals surface area contributed by atoms with Crippen molar-refractivity contribution in [2.75, 3.05) is 48.4 Å². The molecule has 1 aromatic heterocycles. The monoisotopic (exact) mass is 502 g/mol. The molecule has 7 nitrogen and oxygen atoms in total. The zero-order valence-electron chi connectivity index (χ0n) is 19.0. The first-order valence-corrected chi connectivity index (χ1v) is 11.4. The molecule has 0 radical (unpaired) electrons. The number of hydrogen-bond donors (Lipinski definition) is 2. The Bertz CT molecular complexity index is 1140. The molecule has 0 amide bonds. The number of thiocarbonyl (C=S) groups is 1. The Morgan fingerprint density at radius 3 is 2.26 bits per heavy atom. The van der Waals surface area contributed by atoms with Crippen molar-refractivity contribution in [3.8, 4) is 5.75 Å². The maximum atomic E-state index is 13.6. The summed E-state index contributed by atoms with van der Waals surface area (Å²) in [6.07, 6.45) is -4.61. The number of piperazine rings is 1. The number of ether oxygens (including phenoxy) is 1. The Kier molecular flexibility index (Phi) is 7.54. The molecule has 1 fully saturated rings. The summed E-state index contributed by atoms with van der Waals surface area (Å²) in [7, 11) is 1.58. The van der Waals surface area contributed by atoms with Gasteiger partial charge in [0.05, 0.1) is 7.11 Å². The summed E-state index contributed by atoms with van der Waals surface area (Å²) in [5.41, 5.74) is 0.992. The van der Waals surface area contributed by atoms with E-state index >= 15 is 0 Å². The molecular weight excluding hydrogens is 477 g/mol. The topological polar surface area (TPSA) is 65.6 Å². The molecule has 2 aromatic carbocycles. The lowest BCUT2D eigenvalue weighted by molar-refractivity contribution is -0.141. The molecule has 1 saturated heterocycles. The Hall–Kier alpha value is -3.60. The van der Waals surface area contributed by atoms with Crippen molar-refractivity contribution in [2.45, 2.75) is 12.7 Å². The Labute approximate surface area is 206 Å². The number of nitrogens with one attached hydrogen (secondary N) is 2. The zero-order chi connectivity index (χ0) is 24.8. The average molecular weight is 503 g/mol. The summed E-state index contributed by atoms with van der Waals surface area (Å²) in [4.78, 5) is 12.0. The number of rotatable bonds is 6. The maximum Gasteiger partial charge on any atom is 0.433 e.